The lowest BCUT2D eigenvalue weighted by Crippen LogP contribution is -2.43. The highest BCUT2D eigenvalue weighted by Crippen LogP contribution is 2.32. The Morgan fingerprint density at radius 1 is 1.21 bits per heavy atom. The van der Waals surface area contributed by atoms with E-state index in [1.54, 1.807) is 29.3 Å². The monoisotopic (exact) mass is 484 g/mol. The zero-order valence-electron chi connectivity index (χ0n) is 18.2. The summed E-state index contributed by atoms with van der Waals surface area (Å²) in [6, 6.07) is 12.6. The van der Waals surface area contributed by atoms with Crippen molar-refractivity contribution in [1.29, 1.82) is 0 Å². The van der Waals surface area contributed by atoms with E-state index in [1.165, 1.54) is 17.6 Å². The van der Waals surface area contributed by atoms with Crippen LogP contribution in [0.2, 0.25) is 0 Å². The number of carbonyl (C=O) groups excluding carboxylic acids is 1. The molecular weight excluding hydrogens is 460 g/mol. The number of nitrogens with zero attached hydrogens (tertiary/aromatic N) is 3. The number of hydrogen-bond donors (Lipinski definition) is 1. The maximum absolute atomic E-state index is 13.7. The number of H-pyrrole nitrogens is 1. The molecule has 5 rings (SSSR count). The minimum absolute atomic E-state index is 0.136. The second-order valence-electron chi connectivity index (χ2n) is 8.06. The van der Waals surface area contributed by atoms with E-state index in [-0.39, 0.29) is 10.8 Å². The summed E-state index contributed by atoms with van der Waals surface area (Å²) in [4.78, 5) is 25.8. The highest BCUT2D eigenvalue weighted by molar-refractivity contribution is 7.90. The summed E-state index contributed by atoms with van der Waals surface area (Å²) in [6.07, 6.45) is 2.93. The first kappa shape index (κ1) is 22.0. The van der Waals surface area contributed by atoms with E-state index in [4.69, 9.17) is 4.74 Å². The predicted octanol–water partition coefficient (Wildman–Crippen LogP) is 3.16. The molecule has 0 aliphatic carbocycles. The van der Waals surface area contributed by atoms with Crippen molar-refractivity contribution in [3.63, 3.8) is 0 Å². The molecule has 4 aromatic rings. The average Bonchev–Trinajstić information content (AvgIpc) is 3.43. The van der Waals surface area contributed by atoms with E-state index in [9.17, 15) is 13.2 Å². The van der Waals surface area contributed by atoms with Crippen LogP contribution in [0, 0.1) is 0 Å². The zero-order valence-corrected chi connectivity index (χ0v) is 19.8. The third-order valence-corrected chi connectivity index (χ3v) is 7.97. The van der Waals surface area contributed by atoms with Gasteiger partial charge in [0.15, 0.2) is 15.0 Å². The first-order valence-corrected chi connectivity index (χ1v) is 13.4. The van der Waals surface area contributed by atoms with Crippen molar-refractivity contribution in [3.8, 4) is 0 Å². The fraction of sp³-hybridized carbons (Fsp3) is 0.304. The zero-order chi connectivity index (χ0) is 23.0. The smallest absolute Gasteiger partial charge is 0.262 e. The van der Waals surface area contributed by atoms with Crippen molar-refractivity contribution < 1.29 is 17.9 Å². The van der Waals surface area contributed by atoms with Gasteiger partial charge >= 0.3 is 0 Å². The Morgan fingerprint density at radius 2 is 2.00 bits per heavy atom. The minimum atomic E-state index is -3.33. The summed E-state index contributed by atoms with van der Waals surface area (Å²) in [5.74, 6) is -0.136. The Balaban J connectivity index is 1.52. The summed E-state index contributed by atoms with van der Waals surface area (Å²) in [7, 11) is -3.33. The van der Waals surface area contributed by atoms with Crippen LogP contribution in [0.15, 0.2) is 53.6 Å². The Morgan fingerprint density at radius 3 is 2.79 bits per heavy atom. The number of amides is 1. The fourth-order valence-corrected chi connectivity index (χ4v) is 5.73. The number of hydrogen-bond acceptors (Lipinski definition) is 7. The maximum Gasteiger partial charge on any atom is 0.262 e. The molecule has 1 saturated heterocycles. The SMILES string of the molecule is CS(=O)(=O)c1ccc2nc(N(CCN3CCOCC3)C(=O)c3c[nH]c4ccccc34)sc2c1. The number of benzene rings is 2. The lowest BCUT2D eigenvalue weighted by molar-refractivity contribution is 0.0391. The molecule has 1 N–H and O–H groups in total. The number of nitrogens with one attached hydrogen (secondary N) is 1. The Hall–Kier alpha value is -2.79. The van der Waals surface area contributed by atoms with Crippen LogP contribution in [0.25, 0.3) is 21.1 Å². The van der Waals surface area contributed by atoms with Gasteiger partial charge in [-0.25, -0.2) is 13.4 Å². The normalized spacial score (nSPS) is 15.3. The largest absolute Gasteiger partial charge is 0.379 e. The van der Waals surface area contributed by atoms with Crippen LogP contribution in [-0.2, 0) is 14.6 Å². The van der Waals surface area contributed by atoms with Crippen LogP contribution in [0.1, 0.15) is 10.4 Å². The molecule has 172 valence electrons. The molecule has 0 unspecified atom stereocenters. The molecule has 10 heteroatoms. The summed E-state index contributed by atoms with van der Waals surface area (Å²) in [6.45, 7) is 4.19. The van der Waals surface area contributed by atoms with Gasteiger partial charge in [0, 0.05) is 49.5 Å². The second-order valence-corrected chi connectivity index (χ2v) is 11.1. The number of sulfone groups is 1. The van der Waals surface area contributed by atoms with Gasteiger partial charge < -0.3 is 9.72 Å². The summed E-state index contributed by atoms with van der Waals surface area (Å²) >= 11 is 1.33. The summed E-state index contributed by atoms with van der Waals surface area (Å²) in [5.41, 5.74) is 2.16. The second kappa shape index (κ2) is 8.86. The Kier molecular flexibility index (Phi) is 5.92. The van der Waals surface area contributed by atoms with Gasteiger partial charge in [-0.3, -0.25) is 14.6 Å². The van der Waals surface area contributed by atoms with Gasteiger partial charge in [0.1, 0.15) is 0 Å². The molecule has 0 bridgehead atoms. The number of aromatic nitrogens is 2. The third-order valence-electron chi connectivity index (χ3n) is 5.82. The topological polar surface area (TPSA) is 95.6 Å². The van der Waals surface area contributed by atoms with Crippen LogP contribution < -0.4 is 4.90 Å². The highest BCUT2D eigenvalue weighted by Gasteiger charge is 2.25. The molecule has 33 heavy (non-hydrogen) atoms. The molecule has 0 spiro atoms. The van der Waals surface area contributed by atoms with Crippen LogP contribution >= 0.6 is 11.3 Å². The number of anilines is 1. The van der Waals surface area contributed by atoms with Crippen molar-refractivity contribution in [3.05, 3.63) is 54.2 Å². The van der Waals surface area contributed by atoms with Gasteiger partial charge in [0.25, 0.3) is 5.91 Å². The number of morpholine rings is 1. The van der Waals surface area contributed by atoms with Crippen molar-refractivity contribution in [2.75, 3.05) is 50.5 Å². The number of fused-ring (bicyclic) bond motifs is 2. The van der Waals surface area contributed by atoms with Crippen LogP contribution in [0.4, 0.5) is 5.13 Å². The number of ether oxygens (including phenoxy) is 1. The highest BCUT2D eigenvalue weighted by atomic mass is 32.2. The van der Waals surface area contributed by atoms with E-state index in [0.29, 0.717) is 42.5 Å². The summed E-state index contributed by atoms with van der Waals surface area (Å²) in [5, 5.41) is 1.42. The molecular formula is C23H24N4O4S2. The van der Waals surface area contributed by atoms with Gasteiger partial charge in [-0.2, -0.15) is 0 Å². The minimum Gasteiger partial charge on any atom is -0.379 e. The van der Waals surface area contributed by atoms with Crippen molar-refractivity contribution in [1.82, 2.24) is 14.9 Å². The van der Waals surface area contributed by atoms with Gasteiger partial charge in [-0.05, 0) is 24.3 Å². The molecule has 1 amide bonds. The number of carbonyl (C=O) groups is 1. The first-order valence-electron chi connectivity index (χ1n) is 10.7. The molecule has 0 atom stereocenters. The number of para-hydroxylation sites is 1. The lowest BCUT2D eigenvalue weighted by atomic mass is 10.1. The lowest BCUT2D eigenvalue weighted by Gasteiger charge is -2.29. The van der Waals surface area contributed by atoms with Crippen LogP contribution in [-0.4, -0.2) is 74.8 Å². The predicted molar refractivity (Wildman–Crippen MR) is 130 cm³/mol. The van der Waals surface area contributed by atoms with Crippen LogP contribution in [0.5, 0.6) is 0 Å². The van der Waals surface area contributed by atoms with Crippen molar-refractivity contribution >= 4 is 53.3 Å². The van der Waals surface area contributed by atoms with E-state index in [0.717, 1.165) is 28.7 Å². The van der Waals surface area contributed by atoms with Gasteiger partial charge in [-0.1, -0.05) is 29.5 Å². The Bertz CT molecular complexity index is 1420. The van der Waals surface area contributed by atoms with E-state index in [1.807, 2.05) is 24.3 Å². The standard InChI is InChI=1S/C23H24N4O4S2/c1-33(29,30)16-6-7-20-21(14-16)32-23(25-20)27(9-8-26-10-12-31-13-11-26)22(28)18-15-24-19-5-3-2-4-17(18)19/h2-7,14-15,24H,8-13H2,1H3. The van der Waals surface area contributed by atoms with E-state index < -0.39 is 9.84 Å². The van der Waals surface area contributed by atoms with E-state index in [2.05, 4.69) is 14.9 Å². The average molecular weight is 485 g/mol. The molecule has 3 heterocycles. The van der Waals surface area contributed by atoms with Crippen molar-refractivity contribution in [2.24, 2.45) is 0 Å². The maximum atomic E-state index is 13.7. The molecule has 0 radical (unpaired) electrons. The molecule has 1 fully saturated rings. The number of aromatic amines is 1. The molecule has 8 nitrogen and oxygen atoms in total. The van der Waals surface area contributed by atoms with Gasteiger partial charge in [0.05, 0.1) is 33.9 Å². The summed E-state index contributed by atoms with van der Waals surface area (Å²) < 4.78 is 30.1. The van der Waals surface area contributed by atoms with Crippen LogP contribution in [0.3, 0.4) is 0 Å². The fourth-order valence-electron chi connectivity index (χ4n) is 3.98. The number of thiazole rings is 1. The first-order chi connectivity index (χ1) is 15.9. The third kappa shape index (κ3) is 4.51. The molecule has 2 aromatic carbocycles. The molecule has 0 saturated carbocycles. The quantitative estimate of drug-likeness (QED) is 0.452. The van der Waals surface area contributed by atoms with Gasteiger partial charge in [-0.15, -0.1) is 0 Å². The van der Waals surface area contributed by atoms with Crippen molar-refractivity contribution in [2.45, 2.75) is 4.90 Å². The number of rotatable bonds is 6. The molecule has 1 aliphatic rings. The Labute approximate surface area is 195 Å². The molecule has 2 aromatic heterocycles. The molecule has 1 aliphatic heterocycles. The van der Waals surface area contributed by atoms with Gasteiger partial charge in [0.2, 0.25) is 0 Å². The van der Waals surface area contributed by atoms with E-state index >= 15 is 0 Å².